The van der Waals surface area contributed by atoms with Gasteiger partial charge in [-0.3, -0.25) is 4.79 Å². The van der Waals surface area contributed by atoms with E-state index in [9.17, 15) is 4.79 Å². The molecule has 0 fully saturated rings. The average Bonchev–Trinajstić information content (AvgIpc) is 2.28. The molecule has 1 rings (SSSR count). The Bertz CT molecular complexity index is 367. The normalized spacial score (nSPS) is 14.6. The number of hydrogen-bond acceptors (Lipinski definition) is 1. The molecule has 1 aromatic rings. The van der Waals surface area contributed by atoms with E-state index in [0.717, 1.165) is 6.42 Å². The van der Waals surface area contributed by atoms with E-state index < -0.39 is 0 Å². The van der Waals surface area contributed by atoms with Crippen LogP contribution in [0, 0.1) is 17.8 Å². The van der Waals surface area contributed by atoms with Gasteiger partial charge in [0.1, 0.15) is 0 Å². The van der Waals surface area contributed by atoms with Crippen molar-refractivity contribution in [1.82, 2.24) is 0 Å². The van der Waals surface area contributed by atoms with Crippen molar-refractivity contribution in [3.63, 3.8) is 0 Å². The second-order valence-corrected chi connectivity index (χ2v) is 5.35. The number of hydrogen-bond donors (Lipinski definition) is 1. The largest absolute Gasteiger partial charge is 0.366 e. The maximum Gasteiger partial charge on any atom is 0.248 e. The average molecular weight is 233 g/mol. The molecule has 0 aliphatic rings. The van der Waals surface area contributed by atoms with Gasteiger partial charge in [-0.2, -0.15) is 0 Å². The van der Waals surface area contributed by atoms with Gasteiger partial charge in [0.25, 0.3) is 0 Å². The quantitative estimate of drug-likeness (QED) is 0.833. The lowest BCUT2D eigenvalue weighted by molar-refractivity contribution is 0.100. The van der Waals surface area contributed by atoms with E-state index in [0.29, 0.717) is 23.3 Å². The Morgan fingerprint density at radius 2 is 1.65 bits per heavy atom. The molecule has 2 unspecified atom stereocenters. The van der Waals surface area contributed by atoms with Gasteiger partial charge in [0, 0.05) is 5.56 Å². The molecule has 0 heterocycles. The fraction of sp³-hybridized carbons (Fsp3) is 0.533. The number of benzene rings is 1. The lowest BCUT2D eigenvalue weighted by Gasteiger charge is -2.23. The zero-order valence-corrected chi connectivity index (χ0v) is 11.2. The van der Waals surface area contributed by atoms with E-state index in [4.69, 9.17) is 5.73 Å². The molecule has 0 spiro atoms. The molecule has 1 amide bonds. The number of carbonyl (C=O) groups is 1. The summed E-state index contributed by atoms with van der Waals surface area (Å²) in [4.78, 5) is 11.0. The summed E-state index contributed by atoms with van der Waals surface area (Å²) in [6, 6.07) is 7.63. The summed E-state index contributed by atoms with van der Waals surface area (Å²) >= 11 is 0. The van der Waals surface area contributed by atoms with E-state index >= 15 is 0 Å². The molecule has 94 valence electrons. The molecular formula is C15H23NO. The van der Waals surface area contributed by atoms with Gasteiger partial charge in [-0.1, -0.05) is 39.8 Å². The van der Waals surface area contributed by atoms with Crippen molar-refractivity contribution in [2.24, 2.45) is 23.5 Å². The molecule has 0 radical (unpaired) electrons. The van der Waals surface area contributed by atoms with Crippen molar-refractivity contribution in [2.75, 3.05) is 0 Å². The molecule has 2 atom stereocenters. The SMILES string of the molecule is CC(C)C(C)C(C)Cc1ccc(C(N)=O)cc1. The predicted octanol–water partition coefficient (Wildman–Crippen LogP) is 3.26. The minimum absolute atomic E-state index is 0.361. The number of carbonyl (C=O) groups excluding carboxylic acids is 1. The third-order valence-electron chi connectivity index (χ3n) is 3.75. The van der Waals surface area contributed by atoms with Crippen molar-refractivity contribution >= 4 is 5.91 Å². The fourth-order valence-electron chi connectivity index (χ4n) is 2.02. The third-order valence-corrected chi connectivity index (χ3v) is 3.75. The van der Waals surface area contributed by atoms with Crippen LogP contribution in [0.15, 0.2) is 24.3 Å². The van der Waals surface area contributed by atoms with Crippen molar-refractivity contribution in [1.29, 1.82) is 0 Å². The summed E-state index contributed by atoms with van der Waals surface area (Å²) in [7, 11) is 0. The standard InChI is InChI=1S/C15H23NO/c1-10(2)12(4)11(3)9-13-5-7-14(8-6-13)15(16)17/h5-8,10-12H,9H2,1-4H3,(H2,16,17). The first-order valence-corrected chi connectivity index (χ1v) is 6.30. The highest BCUT2D eigenvalue weighted by atomic mass is 16.1. The Labute approximate surface area is 104 Å². The summed E-state index contributed by atoms with van der Waals surface area (Å²) in [6.45, 7) is 9.11. The summed E-state index contributed by atoms with van der Waals surface area (Å²) in [6.07, 6.45) is 1.05. The zero-order valence-electron chi connectivity index (χ0n) is 11.2. The third kappa shape index (κ3) is 3.88. The Hall–Kier alpha value is -1.31. The van der Waals surface area contributed by atoms with Gasteiger partial charge in [-0.25, -0.2) is 0 Å². The van der Waals surface area contributed by atoms with Crippen LogP contribution in [-0.4, -0.2) is 5.91 Å². The van der Waals surface area contributed by atoms with Crippen LogP contribution in [0.4, 0.5) is 0 Å². The molecule has 17 heavy (non-hydrogen) atoms. The summed E-state index contributed by atoms with van der Waals surface area (Å²) in [5.41, 5.74) is 7.07. The molecule has 0 saturated carbocycles. The van der Waals surface area contributed by atoms with Gasteiger partial charge < -0.3 is 5.73 Å². The molecule has 0 aromatic heterocycles. The molecule has 0 bridgehead atoms. The van der Waals surface area contributed by atoms with Crippen molar-refractivity contribution in [3.05, 3.63) is 35.4 Å². The summed E-state index contributed by atoms with van der Waals surface area (Å²) in [5, 5.41) is 0. The summed E-state index contributed by atoms with van der Waals surface area (Å²) < 4.78 is 0. The van der Waals surface area contributed by atoms with Crippen LogP contribution < -0.4 is 5.73 Å². The fourth-order valence-corrected chi connectivity index (χ4v) is 2.02. The number of rotatable bonds is 5. The molecule has 2 N–H and O–H groups in total. The van der Waals surface area contributed by atoms with Gasteiger partial charge in [0.15, 0.2) is 0 Å². The van der Waals surface area contributed by atoms with Crippen LogP contribution in [-0.2, 0) is 6.42 Å². The Morgan fingerprint density at radius 3 is 2.06 bits per heavy atom. The second-order valence-electron chi connectivity index (χ2n) is 5.35. The highest BCUT2D eigenvalue weighted by Crippen LogP contribution is 2.23. The Balaban J connectivity index is 2.66. The highest BCUT2D eigenvalue weighted by molar-refractivity contribution is 5.92. The van der Waals surface area contributed by atoms with Crippen LogP contribution in [0.25, 0.3) is 0 Å². The van der Waals surface area contributed by atoms with Gasteiger partial charge in [-0.15, -0.1) is 0 Å². The molecule has 0 aliphatic carbocycles. The highest BCUT2D eigenvalue weighted by Gasteiger charge is 2.16. The van der Waals surface area contributed by atoms with E-state index in [1.807, 2.05) is 24.3 Å². The van der Waals surface area contributed by atoms with Crippen molar-refractivity contribution in [3.8, 4) is 0 Å². The molecule has 2 nitrogen and oxygen atoms in total. The summed E-state index contributed by atoms with van der Waals surface area (Å²) in [5.74, 6) is 1.69. The number of nitrogens with two attached hydrogens (primary N) is 1. The van der Waals surface area contributed by atoms with E-state index in [1.165, 1.54) is 5.56 Å². The van der Waals surface area contributed by atoms with Crippen molar-refractivity contribution in [2.45, 2.75) is 34.1 Å². The van der Waals surface area contributed by atoms with Gasteiger partial charge >= 0.3 is 0 Å². The molecule has 0 aliphatic heterocycles. The minimum Gasteiger partial charge on any atom is -0.366 e. The van der Waals surface area contributed by atoms with Gasteiger partial charge in [0.05, 0.1) is 0 Å². The number of amides is 1. The maximum atomic E-state index is 11.0. The lowest BCUT2D eigenvalue weighted by atomic mass is 9.82. The molecule has 1 aromatic carbocycles. The first kappa shape index (κ1) is 13.8. The lowest BCUT2D eigenvalue weighted by Crippen LogP contribution is -2.16. The second kappa shape index (κ2) is 5.85. The Kier molecular flexibility index (Phi) is 4.73. The van der Waals surface area contributed by atoms with Crippen LogP contribution in [0.2, 0.25) is 0 Å². The van der Waals surface area contributed by atoms with Crippen molar-refractivity contribution < 1.29 is 4.79 Å². The zero-order chi connectivity index (χ0) is 13.0. The minimum atomic E-state index is -0.361. The molecule has 0 saturated heterocycles. The molecule has 2 heteroatoms. The first-order chi connectivity index (χ1) is 7.91. The Morgan fingerprint density at radius 1 is 1.12 bits per heavy atom. The van der Waals surface area contributed by atoms with Crippen LogP contribution >= 0.6 is 0 Å². The van der Waals surface area contributed by atoms with Gasteiger partial charge in [-0.05, 0) is 41.9 Å². The van der Waals surface area contributed by atoms with E-state index in [1.54, 1.807) is 0 Å². The van der Waals surface area contributed by atoms with Crippen LogP contribution in [0.5, 0.6) is 0 Å². The molecular weight excluding hydrogens is 210 g/mol. The predicted molar refractivity (Wildman–Crippen MR) is 71.8 cm³/mol. The van der Waals surface area contributed by atoms with E-state index in [2.05, 4.69) is 27.7 Å². The first-order valence-electron chi connectivity index (χ1n) is 6.30. The maximum absolute atomic E-state index is 11.0. The van der Waals surface area contributed by atoms with Crippen LogP contribution in [0.1, 0.15) is 43.6 Å². The topological polar surface area (TPSA) is 43.1 Å². The van der Waals surface area contributed by atoms with Gasteiger partial charge in [0.2, 0.25) is 5.91 Å². The van der Waals surface area contributed by atoms with E-state index in [-0.39, 0.29) is 5.91 Å². The number of primary amides is 1. The monoisotopic (exact) mass is 233 g/mol. The smallest absolute Gasteiger partial charge is 0.248 e. The van der Waals surface area contributed by atoms with Crippen LogP contribution in [0.3, 0.4) is 0 Å².